The van der Waals surface area contributed by atoms with Crippen LogP contribution >= 0.6 is 0 Å². The second kappa shape index (κ2) is 8.03. The zero-order valence-corrected chi connectivity index (χ0v) is 12.4. The molecule has 0 bridgehead atoms. The van der Waals surface area contributed by atoms with E-state index in [1.165, 1.54) is 20.0 Å². The van der Waals surface area contributed by atoms with Crippen LogP contribution in [0.2, 0.25) is 0 Å². The maximum atomic E-state index is 11.9. The lowest BCUT2D eigenvalue weighted by molar-refractivity contribution is 0.0988. The van der Waals surface area contributed by atoms with Crippen molar-refractivity contribution in [3.63, 3.8) is 0 Å². The molecule has 0 spiro atoms. The smallest absolute Gasteiger partial charge is 0.410 e. The summed E-state index contributed by atoms with van der Waals surface area (Å²) in [5, 5.41) is 0. The molecule has 1 heterocycles. The Bertz CT molecular complexity index is 325. The van der Waals surface area contributed by atoms with Crippen LogP contribution in [0.3, 0.4) is 0 Å². The molecular weight excluding hydrogens is 238 g/mol. The third-order valence-electron chi connectivity index (χ3n) is 3.86. The van der Waals surface area contributed by atoms with E-state index in [4.69, 9.17) is 4.74 Å². The van der Waals surface area contributed by atoms with Gasteiger partial charge < -0.3 is 4.74 Å². The van der Waals surface area contributed by atoms with Crippen LogP contribution in [0.25, 0.3) is 0 Å². The van der Waals surface area contributed by atoms with Gasteiger partial charge in [0.05, 0.1) is 12.6 Å². The van der Waals surface area contributed by atoms with Crippen molar-refractivity contribution in [3.8, 4) is 0 Å². The number of unbranched alkanes of at least 4 members (excludes halogenated alkanes) is 2. The van der Waals surface area contributed by atoms with Crippen molar-refractivity contribution in [2.45, 2.75) is 57.4 Å². The van der Waals surface area contributed by atoms with Gasteiger partial charge in [0.15, 0.2) is 0 Å². The van der Waals surface area contributed by atoms with Crippen molar-refractivity contribution in [1.29, 1.82) is 0 Å². The van der Waals surface area contributed by atoms with Crippen molar-refractivity contribution in [3.05, 3.63) is 24.8 Å². The number of nitrogens with zero attached hydrogens (tertiary/aromatic N) is 1. The van der Waals surface area contributed by atoms with Crippen molar-refractivity contribution >= 4 is 6.09 Å². The molecule has 0 aliphatic carbocycles. The molecule has 0 N–H and O–H groups in total. The highest BCUT2D eigenvalue weighted by molar-refractivity contribution is 5.69. The van der Waals surface area contributed by atoms with E-state index < -0.39 is 0 Å². The number of methoxy groups -OCH3 is 1. The Balaban J connectivity index is 2.81. The largest absolute Gasteiger partial charge is 0.453 e. The SMILES string of the molecule is C=CCCC1(/C=C/CCCC)CCCN1C(=O)OC. The molecule has 0 aromatic rings. The van der Waals surface area contributed by atoms with Crippen LogP contribution in [0, 0.1) is 0 Å². The summed E-state index contributed by atoms with van der Waals surface area (Å²) >= 11 is 0. The molecule has 1 unspecified atom stereocenters. The fourth-order valence-electron chi connectivity index (χ4n) is 2.78. The van der Waals surface area contributed by atoms with E-state index in [1.54, 1.807) is 0 Å². The van der Waals surface area contributed by atoms with Crippen LogP contribution in [-0.4, -0.2) is 30.2 Å². The third kappa shape index (κ3) is 4.12. The Morgan fingerprint density at radius 3 is 2.89 bits per heavy atom. The first kappa shape index (κ1) is 15.8. The second-order valence-electron chi connectivity index (χ2n) is 5.20. The zero-order valence-electron chi connectivity index (χ0n) is 12.4. The van der Waals surface area contributed by atoms with Gasteiger partial charge in [0.25, 0.3) is 0 Å². The molecule has 19 heavy (non-hydrogen) atoms. The van der Waals surface area contributed by atoms with Gasteiger partial charge >= 0.3 is 6.09 Å². The molecule has 0 aromatic heterocycles. The van der Waals surface area contributed by atoms with Gasteiger partial charge in [0.2, 0.25) is 0 Å². The molecule has 3 nitrogen and oxygen atoms in total. The van der Waals surface area contributed by atoms with Gasteiger partial charge in [-0.1, -0.05) is 38.0 Å². The molecule has 0 radical (unpaired) electrons. The lowest BCUT2D eigenvalue weighted by Gasteiger charge is -2.35. The first-order valence-corrected chi connectivity index (χ1v) is 7.34. The van der Waals surface area contributed by atoms with Crippen LogP contribution in [0.5, 0.6) is 0 Å². The molecular formula is C16H27NO2. The number of carbonyl (C=O) groups excluding carboxylic acids is 1. The highest BCUT2D eigenvalue weighted by atomic mass is 16.5. The molecule has 0 saturated carbocycles. The van der Waals surface area contributed by atoms with Gasteiger partial charge in [-0.25, -0.2) is 4.79 Å². The van der Waals surface area contributed by atoms with Gasteiger partial charge in [-0.3, -0.25) is 4.90 Å². The fourth-order valence-corrected chi connectivity index (χ4v) is 2.78. The van der Waals surface area contributed by atoms with E-state index in [9.17, 15) is 4.79 Å². The average Bonchev–Trinajstić information content (AvgIpc) is 2.85. The van der Waals surface area contributed by atoms with Crippen LogP contribution < -0.4 is 0 Å². The molecule has 1 atom stereocenters. The summed E-state index contributed by atoms with van der Waals surface area (Å²) in [6.45, 7) is 6.78. The van der Waals surface area contributed by atoms with Gasteiger partial charge in [0.1, 0.15) is 0 Å². The summed E-state index contributed by atoms with van der Waals surface area (Å²) in [6, 6.07) is 0. The Labute approximate surface area is 117 Å². The lowest BCUT2D eigenvalue weighted by Crippen LogP contribution is -2.45. The van der Waals surface area contributed by atoms with E-state index in [-0.39, 0.29) is 11.6 Å². The molecule has 1 rings (SSSR count). The first-order valence-electron chi connectivity index (χ1n) is 7.34. The van der Waals surface area contributed by atoms with Crippen molar-refractivity contribution in [2.75, 3.05) is 13.7 Å². The maximum absolute atomic E-state index is 11.9. The van der Waals surface area contributed by atoms with E-state index in [0.29, 0.717) is 0 Å². The molecule has 1 fully saturated rings. The summed E-state index contributed by atoms with van der Waals surface area (Å²) in [5.41, 5.74) is -0.158. The minimum atomic E-state index is -0.207. The topological polar surface area (TPSA) is 29.5 Å². The monoisotopic (exact) mass is 265 g/mol. The van der Waals surface area contributed by atoms with E-state index in [1.807, 2.05) is 11.0 Å². The Kier molecular flexibility index (Phi) is 6.68. The van der Waals surface area contributed by atoms with Crippen molar-refractivity contribution in [2.24, 2.45) is 0 Å². The highest BCUT2D eigenvalue weighted by Crippen LogP contribution is 2.35. The summed E-state index contributed by atoms with van der Waals surface area (Å²) in [6.07, 6.45) is 13.6. The van der Waals surface area contributed by atoms with Crippen LogP contribution in [-0.2, 0) is 4.74 Å². The van der Waals surface area contributed by atoms with Gasteiger partial charge in [0, 0.05) is 6.54 Å². The Hall–Kier alpha value is -1.25. The van der Waals surface area contributed by atoms with E-state index >= 15 is 0 Å². The summed E-state index contributed by atoms with van der Waals surface area (Å²) in [5.74, 6) is 0. The Morgan fingerprint density at radius 1 is 1.47 bits per heavy atom. The van der Waals surface area contributed by atoms with Crippen molar-refractivity contribution < 1.29 is 9.53 Å². The molecule has 1 saturated heterocycles. The number of ether oxygens (including phenoxy) is 1. The molecule has 1 aliphatic heterocycles. The average molecular weight is 265 g/mol. The normalized spacial score (nSPS) is 22.9. The number of hydrogen-bond acceptors (Lipinski definition) is 2. The molecule has 3 heteroatoms. The quantitative estimate of drug-likeness (QED) is 0.507. The maximum Gasteiger partial charge on any atom is 0.410 e. The van der Waals surface area contributed by atoms with Crippen LogP contribution in [0.1, 0.15) is 51.9 Å². The molecule has 108 valence electrons. The fraction of sp³-hybridized carbons (Fsp3) is 0.688. The van der Waals surface area contributed by atoms with Gasteiger partial charge in [-0.15, -0.1) is 6.58 Å². The van der Waals surface area contributed by atoms with Crippen LogP contribution in [0.15, 0.2) is 24.8 Å². The number of carbonyl (C=O) groups is 1. The molecule has 1 aliphatic rings. The molecule has 0 aromatic carbocycles. The van der Waals surface area contributed by atoms with E-state index in [2.05, 4.69) is 25.7 Å². The highest BCUT2D eigenvalue weighted by Gasteiger charge is 2.41. The summed E-state index contributed by atoms with van der Waals surface area (Å²) in [4.78, 5) is 13.8. The number of rotatable bonds is 7. The second-order valence-corrected chi connectivity index (χ2v) is 5.20. The summed E-state index contributed by atoms with van der Waals surface area (Å²) < 4.78 is 4.92. The molecule has 1 amide bonds. The lowest BCUT2D eigenvalue weighted by atomic mass is 9.89. The van der Waals surface area contributed by atoms with Crippen molar-refractivity contribution in [1.82, 2.24) is 4.90 Å². The van der Waals surface area contributed by atoms with E-state index in [0.717, 1.165) is 38.6 Å². The third-order valence-corrected chi connectivity index (χ3v) is 3.86. The first-order chi connectivity index (χ1) is 9.20. The standard InChI is InChI=1S/C16H27NO2/c1-4-6-8-9-12-16(11-7-5-2)13-10-14-17(16)15(18)19-3/h5,9,12H,2,4,6-8,10-11,13-14H2,1,3H3/b12-9+. The Morgan fingerprint density at radius 2 is 2.26 bits per heavy atom. The number of amides is 1. The van der Waals surface area contributed by atoms with Gasteiger partial charge in [-0.2, -0.15) is 0 Å². The number of likely N-dealkylation sites (tertiary alicyclic amines) is 1. The minimum Gasteiger partial charge on any atom is -0.453 e. The predicted molar refractivity (Wildman–Crippen MR) is 79.2 cm³/mol. The zero-order chi connectivity index (χ0) is 14.1. The minimum absolute atomic E-state index is 0.158. The summed E-state index contributed by atoms with van der Waals surface area (Å²) in [7, 11) is 1.46. The van der Waals surface area contributed by atoms with Crippen LogP contribution in [0.4, 0.5) is 4.79 Å². The number of allylic oxidation sites excluding steroid dienone is 2. The van der Waals surface area contributed by atoms with Gasteiger partial charge in [-0.05, 0) is 32.1 Å². The number of hydrogen-bond donors (Lipinski definition) is 0. The predicted octanol–water partition coefficient (Wildman–Crippen LogP) is 4.30.